The van der Waals surface area contributed by atoms with Gasteiger partial charge in [0.05, 0.1) is 19.6 Å². The molecule has 69 heavy (non-hydrogen) atoms. The van der Waals surface area contributed by atoms with E-state index in [9.17, 15) is 28.8 Å². The van der Waals surface area contributed by atoms with Crippen LogP contribution in [0.1, 0.15) is 40.0 Å². The molecule has 6 saturated heterocycles. The molecule has 6 heterocycles. The summed E-state index contributed by atoms with van der Waals surface area (Å²) in [4.78, 5) is 65.9. The monoisotopic (exact) mass is 994 g/mol. The maximum absolute atomic E-state index is 11.9. The lowest BCUT2D eigenvalue weighted by Crippen LogP contribution is -2.47. The first-order valence-corrected chi connectivity index (χ1v) is 21.4. The molecule has 5 unspecified atom stereocenters. The number of methoxy groups -OCH3 is 2. The summed E-state index contributed by atoms with van der Waals surface area (Å²) in [6.45, 7) is 22.4. The van der Waals surface area contributed by atoms with Gasteiger partial charge in [-0.05, 0) is 32.4 Å². The number of cyclic esters (lactones) is 4. The van der Waals surface area contributed by atoms with E-state index in [1.807, 2.05) is 20.8 Å². The van der Waals surface area contributed by atoms with Crippen molar-refractivity contribution in [3.8, 4) is 0 Å². The van der Waals surface area contributed by atoms with Crippen LogP contribution in [0.4, 0.5) is 28.8 Å². The highest BCUT2D eigenvalue weighted by Crippen LogP contribution is 2.29. The first kappa shape index (κ1) is 56.6. The van der Waals surface area contributed by atoms with Crippen LogP contribution in [0.15, 0.2) is 49.7 Å². The molecule has 0 amide bonds. The van der Waals surface area contributed by atoms with Crippen LogP contribution in [0.5, 0.6) is 0 Å². The molecule has 390 valence electrons. The molecule has 0 bridgehead atoms. The fourth-order valence-corrected chi connectivity index (χ4v) is 5.55. The summed E-state index contributed by atoms with van der Waals surface area (Å²) in [5, 5.41) is 0. The van der Waals surface area contributed by atoms with Gasteiger partial charge in [-0.1, -0.05) is 33.9 Å². The van der Waals surface area contributed by atoms with Crippen LogP contribution in [0.3, 0.4) is 0 Å². The maximum Gasteiger partial charge on any atom is 0.508 e. The molecule has 0 spiro atoms. The first-order chi connectivity index (χ1) is 32.9. The van der Waals surface area contributed by atoms with Gasteiger partial charge in [0.1, 0.15) is 122 Å². The highest BCUT2D eigenvalue weighted by atomic mass is 16.8. The SMILES string of the molecule is C=C1COC(CC)(COC(=O)OC)CO1.C=C1COC(CC)(COC(=O)OCC2(CC)COC(=O)OC2)CO1.C=C1OCC(COC(=O)OC)O1.C=C1OCC(COC(=O)OCC2COC(=O)O2)O1. The Hall–Kier alpha value is -6.70. The van der Waals surface area contributed by atoms with Crippen molar-refractivity contribution < 1.29 is 124 Å². The molecule has 6 aliphatic rings. The predicted molar refractivity (Wildman–Crippen MR) is 226 cm³/mol. The lowest BCUT2D eigenvalue weighted by Gasteiger charge is -2.36. The van der Waals surface area contributed by atoms with E-state index in [1.165, 1.54) is 14.2 Å². The van der Waals surface area contributed by atoms with E-state index in [-0.39, 0.29) is 103 Å². The topological polar surface area (TPSA) is 287 Å². The minimum Gasteiger partial charge on any atom is -0.493 e. The second-order valence-electron chi connectivity index (χ2n) is 15.3. The average molecular weight is 995 g/mol. The Kier molecular flexibility index (Phi) is 23.5. The molecule has 6 fully saturated rings. The third kappa shape index (κ3) is 20.6. The third-order valence-corrected chi connectivity index (χ3v) is 10.2. The fraction of sp³-hybridized carbons (Fsp3) is 0.674. The predicted octanol–water partition coefficient (Wildman–Crippen LogP) is 5.11. The van der Waals surface area contributed by atoms with E-state index in [2.05, 4.69) is 50.0 Å². The minimum atomic E-state index is -0.876. The van der Waals surface area contributed by atoms with Crippen molar-refractivity contribution in [1.82, 2.24) is 0 Å². The van der Waals surface area contributed by atoms with Crippen LogP contribution in [0.2, 0.25) is 0 Å². The Labute approximate surface area is 398 Å². The molecule has 0 aromatic heterocycles. The molecule has 6 rings (SSSR count). The van der Waals surface area contributed by atoms with E-state index < -0.39 is 59.7 Å². The van der Waals surface area contributed by atoms with Crippen molar-refractivity contribution >= 4 is 36.9 Å². The molecular weight excluding hydrogens is 932 g/mol. The number of carbonyl (C=O) groups is 6. The number of rotatable bonds is 15. The quantitative estimate of drug-likeness (QED) is 0.152. The second kappa shape index (κ2) is 28.6. The van der Waals surface area contributed by atoms with Gasteiger partial charge in [-0.2, -0.15) is 0 Å². The van der Waals surface area contributed by atoms with Gasteiger partial charge in [0.2, 0.25) is 0 Å². The lowest BCUT2D eigenvalue weighted by atomic mass is 9.87. The van der Waals surface area contributed by atoms with Crippen molar-refractivity contribution in [1.29, 1.82) is 0 Å². The first-order valence-electron chi connectivity index (χ1n) is 21.4. The molecule has 0 aromatic carbocycles. The van der Waals surface area contributed by atoms with Gasteiger partial charge in [0.25, 0.3) is 11.9 Å². The Morgan fingerprint density at radius 1 is 0.493 bits per heavy atom. The molecule has 0 N–H and O–H groups in total. The number of ether oxygens (including phenoxy) is 20. The lowest BCUT2D eigenvalue weighted by molar-refractivity contribution is -0.156. The summed E-state index contributed by atoms with van der Waals surface area (Å²) < 4.78 is 98.7. The molecule has 26 nitrogen and oxygen atoms in total. The van der Waals surface area contributed by atoms with E-state index in [0.717, 1.165) is 0 Å². The van der Waals surface area contributed by atoms with Crippen molar-refractivity contribution in [2.24, 2.45) is 5.41 Å². The second-order valence-corrected chi connectivity index (χ2v) is 15.3. The molecule has 0 aliphatic carbocycles. The summed E-state index contributed by atoms with van der Waals surface area (Å²) in [5.74, 6) is 1.61. The standard InChI is InChI=1S/C16H24O8.C10H12O8.C10H16O5.C7H10O5/c1-4-15(7-20-13(17)21-8-15)9-22-14(18)23-11-16(5-2)10-19-12(3)6-24-16;1-6-13-2-7(17-6)3-14-9(11)15-4-8-5-16-10(12)18-8;1-4-10(7-14-9(11)12-3)6-13-8(2)5-15-10;1-5-10-3-6(12-5)4-11-7(8)9-2/h3-11H2,1-2H3;7-8H,1-5H2;2,4-7H2,1,3H3;6H,1,3-4H2,2H3. The molecule has 0 saturated carbocycles. The van der Waals surface area contributed by atoms with Crippen LogP contribution < -0.4 is 0 Å². The van der Waals surface area contributed by atoms with Gasteiger partial charge in [-0.3, -0.25) is 0 Å². The highest BCUT2D eigenvalue weighted by molar-refractivity contribution is 5.63. The summed E-state index contributed by atoms with van der Waals surface area (Å²) in [6.07, 6.45) is -3.88. The molecule has 0 radical (unpaired) electrons. The van der Waals surface area contributed by atoms with E-state index in [0.29, 0.717) is 50.6 Å². The van der Waals surface area contributed by atoms with Crippen molar-refractivity contribution in [3.63, 3.8) is 0 Å². The van der Waals surface area contributed by atoms with Crippen LogP contribution in [-0.2, 0) is 94.7 Å². The number of hydrogen-bond acceptors (Lipinski definition) is 26. The number of hydrogen-bond donors (Lipinski definition) is 0. The summed E-state index contributed by atoms with van der Waals surface area (Å²) in [6, 6.07) is 0. The van der Waals surface area contributed by atoms with Gasteiger partial charge >= 0.3 is 36.9 Å². The van der Waals surface area contributed by atoms with E-state index in [4.69, 9.17) is 71.1 Å². The van der Waals surface area contributed by atoms with Crippen molar-refractivity contribution in [2.75, 3.05) is 113 Å². The average Bonchev–Trinajstić information content (AvgIpc) is 4.12. The zero-order valence-corrected chi connectivity index (χ0v) is 39.4. The highest BCUT2D eigenvalue weighted by Gasteiger charge is 2.40. The van der Waals surface area contributed by atoms with Crippen LogP contribution >= 0.6 is 0 Å². The van der Waals surface area contributed by atoms with Crippen molar-refractivity contribution in [2.45, 2.75) is 69.5 Å². The maximum atomic E-state index is 11.9. The molecular formula is C43H62O26. The molecule has 6 aliphatic heterocycles. The van der Waals surface area contributed by atoms with Crippen LogP contribution in [-0.4, -0.2) is 180 Å². The normalized spacial score (nSPS) is 25.0. The third-order valence-electron chi connectivity index (χ3n) is 10.2. The minimum absolute atomic E-state index is 0.00118. The fourth-order valence-electron chi connectivity index (χ4n) is 5.55. The van der Waals surface area contributed by atoms with Crippen LogP contribution in [0.25, 0.3) is 0 Å². The molecule has 26 heteroatoms. The Balaban J connectivity index is 0.000000251. The summed E-state index contributed by atoms with van der Waals surface area (Å²) >= 11 is 0. The molecule has 0 aromatic rings. The van der Waals surface area contributed by atoms with Gasteiger partial charge in [0, 0.05) is 0 Å². The van der Waals surface area contributed by atoms with E-state index in [1.54, 1.807) is 0 Å². The van der Waals surface area contributed by atoms with Gasteiger partial charge in [-0.15, -0.1) is 0 Å². The Bertz CT molecular complexity index is 1660. The number of carbonyl (C=O) groups excluding carboxylic acids is 6. The zero-order chi connectivity index (χ0) is 50.9. The largest absolute Gasteiger partial charge is 0.508 e. The van der Waals surface area contributed by atoms with Crippen molar-refractivity contribution in [3.05, 3.63) is 49.7 Å². The Morgan fingerprint density at radius 3 is 1.28 bits per heavy atom. The van der Waals surface area contributed by atoms with Gasteiger partial charge < -0.3 is 94.7 Å². The molecule has 5 atom stereocenters. The van der Waals surface area contributed by atoms with Gasteiger partial charge in [-0.25, -0.2) is 28.8 Å². The zero-order valence-electron chi connectivity index (χ0n) is 39.4. The summed E-state index contributed by atoms with van der Waals surface area (Å²) in [5.41, 5.74) is -1.81. The van der Waals surface area contributed by atoms with Crippen LogP contribution in [0, 0.1) is 5.41 Å². The summed E-state index contributed by atoms with van der Waals surface area (Å²) in [7, 11) is 2.51. The van der Waals surface area contributed by atoms with E-state index >= 15 is 0 Å². The van der Waals surface area contributed by atoms with Gasteiger partial charge in [0.15, 0.2) is 18.3 Å². The smallest absolute Gasteiger partial charge is 0.493 e. The Morgan fingerprint density at radius 2 is 0.899 bits per heavy atom.